The SMILES string of the molecule is CC(=O)NCCN(Cc1ccc(OC(C)C)cc1)[C@@H](C)C(=O)OC(C)(C)C. The van der Waals surface area contributed by atoms with Crippen molar-refractivity contribution >= 4 is 11.9 Å². The Bertz CT molecular complexity index is 606. The van der Waals surface area contributed by atoms with E-state index >= 15 is 0 Å². The molecule has 0 fully saturated rings. The normalized spacial score (nSPS) is 12.8. The van der Waals surface area contributed by atoms with Gasteiger partial charge in [-0.1, -0.05) is 12.1 Å². The molecule has 0 aromatic heterocycles. The highest BCUT2D eigenvalue weighted by atomic mass is 16.6. The van der Waals surface area contributed by atoms with Crippen molar-refractivity contribution < 1.29 is 19.1 Å². The minimum Gasteiger partial charge on any atom is -0.491 e. The van der Waals surface area contributed by atoms with Gasteiger partial charge in [0, 0.05) is 26.6 Å². The number of carbonyl (C=O) groups is 2. The van der Waals surface area contributed by atoms with Crippen LogP contribution in [0.25, 0.3) is 0 Å². The lowest BCUT2D eigenvalue weighted by atomic mass is 10.1. The highest BCUT2D eigenvalue weighted by molar-refractivity contribution is 5.75. The van der Waals surface area contributed by atoms with E-state index in [0.717, 1.165) is 11.3 Å². The Hall–Kier alpha value is -2.08. The maximum absolute atomic E-state index is 12.5. The average molecular weight is 379 g/mol. The van der Waals surface area contributed by atoms with Crippen LogP contribution in [-0.2, 0) is 20.9 Å². The zero-order valence-electron chi connectivity index (χ0n) is 17.7. The quantitative estimate of drug-likeness (QED) is 0.669. The molecule has 1 amide bonds. The van der Waals surface area contributed by atoms with E-state index in [0.29, 0.717) is 19.6 Å². The Kier molecular flexibility index (Phi) is 8.76. The second kappa shape index (κ2) is 10.3. The van der Waals surface area contributed by atoms with Gasteiger partial charge in [0.25, 0.3) is 0 Å². The lowest BCUT2D eigenvalue weighted by Crippen LogP contribution is -2.45. The van der Waals surface area contributed by atoms with Gasteiger partial charge < -0.3 is 14.8 Å². The Morgan fingerprint density at radius 2 is 1.70 bits per heavy atom. The van der Waals surface area contributed by atoms with Crippen LogP contribution in [0.5, 0.6) is 5.75 Å². The fraction of sp³-hybridized carbons (Fsp3) is 0.619. The summed E-state index contributed by atoms with van der Waals surface area (Å²) in [6.45, 7) is 14.4. The number of ether oxygens (including phenoxy) is 2. The zero-order chi connectivity index (χ0) is 20.6. The number of hydrogen-bond acceptors (Lipinski definition) is 5. The van der Waals surface area contributed by atoms with Crippen molar-refractivity contribution in [3.8, 4) is 5.75 Å². The Morgan fingerprint density at radius 1 is 1.11 bits per heavy atom. The maximum atomic E-state index is 12.5. The molecule has 0 radical (unpaired) electrons. The van der Waals surface area contributed by atoms with Crippen molar-refractivity contribution in [2.24, 2.45) is 0 Å². The minimum atomic E-state index is -0.537. The largest absolute Gasteiger partial charge is 0.491 e. The first-order chi connectivity index (χ1) is 12.5. The van der Waals surface area contributed by atoms with Crippen molar-refractivity contribution in [2.45, 2.75) is 72.8 Å². The van der Waals surface area contributed by atoms with Gasteiger partial charge in [0.05, 0.1) is 6.10 Å². The number of nitrogens with one attached hydrogen (secondary N) is 1. The maximum Gasteiger partial charge on any atom is 0.323 e. The molecule has 1 aromatic carbocycles. The smallest absolute Gasteiger partial charge is 0.323 e. The van der Waals surface area contributed by atoms with E-state index in [2.05, 4.69) is 5.32 Å². The van der Waals surface area contributed by atoms with Crippen molar-refractivity contribution in [3.05, 3.63) is 29.8 Å². The first kappa shape index (κ1) is 23.0. The highest BCUT2D eigenvalue weighted by Gasteiger charge is 2.26. The van der Waals surface area contributed by atoms with Crippen molar-refractivity contribution in [3.63, 3.8) is 0 Å². The van der Waals surface area contributed by atoms with Gasteiger partial charge in [-0.05, 0) is 59.2 Å². The third-order valence-electron chi connectivity index (χ3n) is 3.75. The number of esters is 1. The predicted octanol–water partition coefficient (Wildman–Crippen LogP) is 3.14. The molecule has 6 heteroatoms. The third-order valence-corrected chi connectivity index (χ3v) is 3.75. The number of amides is 1. The average Bonchev–Trinajstić information content (AvgIpc) is 2.52. The first-order valence-corrected chi connectivity index (χ1v) is 9.45. The molecule has 152 valence electrons. The van der Waals surface area contributed by atoms with E-state index in [9.17, 15) is 9.59 Å². The standard InChI is InChI=1S/C21H34N2O4/c1-15(2)26-19-10-8-18(9-11-19)14-23(13-12-22-17(4)24)16(3)20(25)27-21(5,6)7/h8-11,15-16H,12-14H2,1-7H3,(H,22,24)/t16-/m0/s1. The summed E-state index contributed by atoms with van der Waals surface area (Å²) in [6.07, 6.45) is 0.122. The summed E-state index contributed by atoms with van der Waals surface area (Å²) in [5.41, 5.74) is 0.522. The first-order valence-electron chi connectivity index (χ1n) is 9.45. The molecular formula is C21H34N2O4. The topological polar surface area (TPSA) is 67.9 Å². The molecule has 0 aliphatic rings. The fourth-order valence-electron chi connectivity index (χ4n) is 2.50. The van der Waals surface area contributed by atoms with E-state index in [1.165, 1.54) is 6.92 Å². The van der Waals surface area contributed by atoms with Gasteiger partial charge in [-0.25, -0.2) is 0 Å². The molecule has 0 spiro atoms. The van der Waals surface area contributed by atoms with Crippen LogP contribution < -0.4 is 10.1 Å². The Labute approximate surface area is 163 Å². The summed E-state index contributed by atoms with van der Waals surface area (Å²) >= 11 is 0. The summed E-state index contributed by atoms with van der Waals surface area (Å²) in [4.78, 5) is 25.7. The molecule has 27 heavy (non-hydrogen) atoms. The molecule has 0 aliphatic carbocycles. The molecule has 0 heterocycles. The highest BCUT2D eigenvalue weighted by Crippen LogP contribution is 2.17. The molecule has 1 atom stereocenters. The van der Waals surface area contributed by atoms with Crippen LogP contribution in [0.15, 0.2) is 24.3 Å². The predicted molar refractivity (Wildman–Crippen MR) is 107 cm³/mol. The molecule has 0 saturated carbocycles. The molecule has 0 unspecified atom stereocenters. The second-order valence-electron chi connectivity index (χ2n) is 7.97. The summed E-state index contributed by atoms with van der Waals surface area (Å²) in [5, 5.41) is 2.78. The zero-order valence-corrected chi connectivity index (χ0v) is 17.7. The second-order valence-corrected chi connectivity index (χ2v) is 7.97. The Morgan fingerprint density at radius 3 is 2.19 bits per heavy atom. The van der Waals surface area contributed by atoms with Gasteiger partial charge in [-0.2, -0.15) is 0 Å². The summed E-state index contributed by atoms with van der Waals surface area (Å²) in [7, 11) is 0. The van der Waals surface area contributed by atoms with Gasteiger partial charge in [-0.15, -0.1) is 0 Å². The monoisotopic (exact) mass is 378 g/mol. The van der Waals surface area contributed by atoms with Crippen molar-refractivity contribution in [1.82, 2.24) is 10.2 Å². The van der Waals surface area contributed by atoms with Gasteiger partial charge in [0.1, 0.15) is 17.4 Å². The van der Waals surface area contributed by atoms with E-state index in [1.54, 1.807) is 0 Å². The lowest BCUT2D eigenvalue weighted by Gasteiger charge is -2.30. The number of hydrogen-bond donors (Lipinski definition) is 1. The number of rotatable bonds is 9. The van der Waals surface area contributed by atoms with Crippen molar-refractivity contribution in [2.75, 3.05) is 13.1 Å². The molecule has 1 aromatic rings. The lowest BCUT2D eigenvalue weighted by molar-refractivity contribution is -0.161. The molecule has 0 saturated heterocycles. The van der Waals surface area contributed by atoms with E-state index in [4.69, 9.17) is 9.47 Å². The molecule has 0 aliphatic heterocycles. The van der Waals surface area contributed by atoms with E-state index in [1.807, 2.05) is 70.7 Å². The van der Waals surface area contributed by atoms with Gasteiger partial charge >= 0.3 is 5.97 Å². The summed E-state index contributed by atoms with van der Waals surface area (Å²) < 4.78 is 11.2. The number of carbonyl (C=O) groups excluding carboxylic acids is 2. The molecular weight excluding hydrogens is 344 g/mol. The van der Waals surface area contributed by atoms with E-state index < -0.39 is 11.6 Å². The van der Waals surface area contributed by atoms with Crippen molar-refractivity contribution in [1.29, 1.82) is 0 Å². The summed E-state index contributed by atoms with van der Waals surface area (Å²) in [5.74, 6) is 0.457. The van der Waals surface area contributed by atoms with Crippen LogP contribution >= 0.6 is 0 Å². The fourth-order valence-corrected chi connectivity index (χ4v) is 2.50. The van der Waals surface area contributed by atoms with Crippen LogP contribution in [-0.4, -0.2) is 47.6 Å². The van der Waals surface area contributed by atoms with Gasteiger partial charge in [-0.3, -0.25) is 14.5 Å². The number of benzene rings is 1. The third kappa shape index (κ3) is 9.43. The number of nitrogens with zero attached hydrogens (tertiary/aromatic N) is 1. The molecule has 1 rings (SSSR count). The molecule has 6 nitrogen and oxygen atoms in total. The summed E-state index contributed by atoms with van der Waals surface area (Å²) in [6, 6.07) is 7.42. The molecule has 1 N–H and O–H groups in total. The van der Waals surface area contributed by atoms with E-state index in [-0.39, 0.29) is 18.0 Å². The molecule has 0 bridgehead atoms. The van der Waals surface area contributed by atoms with Crippen LogP contribution in [0, 0.1) is 0 Å². The minimum absolute atomic E-state index is 0.0879. The van der Waals surface area contributed by atoms with Gasteiger partial charge in [0.2, 0.25) is 5.91 Å². The van der Waals surface area contributed by atoms with Crippen LogP contribution in [0.1, 0.15) is 54.0 Å². The van der Waals surface area contributed by atoms with Crippen LogP contribution in [0.2, 0.25) is 0 Å². The van der Waals surface area contributed by atoms with Gasteiger partial charge in [0.15, 0.2) is 0 Å². The van der Waals surface area contributed by atoms with Crippen LogP contribution in [0.4, 0.5) is 0 Å². The van der Waals surface area contributed by atoms with Crippen LogP contribution in [0.3, 0.4) is 0 Å². The Balaban J connectivity index is 2.83.